The SMILES string of the molecule is CC(C)(C)c1cc(/C=N/NC(=O)C2CC2(c2ccccc2)c2ccccc2)cc(C(C)(C)C)c1O. The summed E-state index contributed by atoms with van der Waals surface area (Å²) in [5.41, 5.74) is 6.91. The zero-order chi connectivity index (χ0) is 25.4. The Bertz CT molecular complexity index is 1160. The predicted octanol–water partition coefficient (Wildman–Crippen LogP) is 6.44. The topological polar surface area (TPSA) is 61.7 Å². The van der Waals surface area contributed by atoms with Crippen LogP contribution in [0, 0.1) is 5.92 Å². The third-order valence-corrected chi connectivity index (χ3v) is 6.99. The second-order valence-electron chi connectivity index (χ2n) is 11.7. The van der Waals surface area contributed by atoms with Crippen LogP contribution in [0.15, 0.2) is 77.9 Å². The number of hydrogen-bond acceptors (Lipinski definition) is 3. The molecular formula is C31H36N2O2. The van der Waals surface area contributed by atoms with Crippen molar-refractivity contribution in [2.75, 3.05) is 0 Å². The summed E-state index contributed by atoms with van der Waals surface area (Å²) < 4.78 is 0. The summed E-state index contributed by atoms with van der Waals surface area (Å²) in [5.74, 6) is 0.0686. The van der Waals surface area contributed by atoms with Gasteiger partial charge in [0.1, 0.15) is 5.75 Å². The van der Waals surface area contributed by atoms with E-state index in [0.717, 1.165) is 34.2 Å². The summed E-state index contributed by atoms with van der Waals surface area (Å²) in [4.78, 5) is 13.2. The van der Waals surface area contributed by atoms with Crippen molar-refractivity contribution in [1.29, 1.82) is 0 Å². The molecule has 1 aliphatic carbocycles. The fourth-order valence-electron chi connectivity index (χ4n) is 4.98. The maximum absolute atomic E-state index is 13.2. The van der Waals surface area contributed by atoms with Crippen molar-refractivity contribution in [2.24, 2.45) is 11.0 Å². The molecule has 4 heteroatoms. The van der Waals surface area contributed by atoms with Gasteiger partial charge in [0.25, 0.3) is 0 Å². The lowest BCUT2D eigenvalue weighted by Gasteiger charge is -2.27. The fraction of sp³-hybridized carbons (Fsp3) is 0.355. The van der Waals surface area contributed by atoms with E-state index < -0.39 is 0 Å². The molecule has 0 radical (unpaired) electrons. The third-order valence-electron chi connectivity index (χ3n) is 6.99. The van der Waals surface area contributed by atoms with Gasteiger partial charge in [0.2, 0.25) is 5.91 Å². The predicted molar refractivity (Wildman–Crippen MR) is 143 cm³/mol. The van der Waals surface area contributed by atoms with E-state index in [0.29, 0.717) is 5.75 Å². The van der Waals surface area contributed by atoms with Crippen LogP contribution in [0.5, 0.6) is 5.75 Å². The van der Waals surface area contributed by atoms with E-state index in [9.17, 15) is 9.90 Å². The Morgan fingerprint density at radius 2 is 1.34 bits per heavy atom. The van der Waals surface area contributed by atoms with Crippen LogP contribution in [-0.2, 0) is 21.0 Å². The van der Waals surface area contributed by atoms with Gasteiger partial charge in [0.15, 0.2) is 0 Å². The number of hydrazone groups is 1. The van der Waals surface area contributed by atoms with Gasteiger partial charge in [-0.1, -0.05) is 102 Å². The van der Waals surface area contributed by atoms with Crippen LogP contribution in [0.3, 0.4) is 0 Å². The molecule has 2 N–H and O–H groups in total. The van der Waals surface area contributed by atoms with Crippen LogP contribution in [-0.4, -0.2) is 17.2 Å². The number of aromatic hydroxyl groups is 1. The van der Waals surface area contributed by atoms with Crippen molar-refractivity contribution in [3.8, 4) is 5.75 Å². The molecule has 35 heavy (non-hydrogen) atoms. The molecular weight excluding hydrogens is 432 g/mol. The number of rotatable bonds is 5. The molecule has 0 saturated heterocycles. The summed E-state index contributed by atoms with van der Waals surface area (Å²) in [6, 6.07) is 24.4. The first kappa shape index (κ1) is 24.7. The van der Waals surface area contributed by atoms with Gasteiger partial charge in [-0.3, -0.25) is 4.79 Å². The monoisotopic (exact) mass is 468 g/mol. The first-order valence-electron chi connectivity index (χ1n) is 12.3. The second-order valence-corrected chi connectivity index (χ2v) is 11.7. The Balaban J connectivity index is 1.58. The van der Waals surface area contributed by atoms with E-state index in [1.807, 2.05) is 48.5 Å². The molecule has 4 nitrogen and oxygen atoms in total. The minimum atomic E-state index is -0.320. The van der Waals surface area contributed by atoms with Crippen molar-refractivity contribution < 1.29 is 9.90 Å². The number of amides is 1. The summed E-state index contributed by atoms with van der Waals surface area (Å²) in [6.07, 6.45) is 2.43. The molecule has 1 unspecified atom stereocenters. The number of hydrogen-bond donors (Lipinski definition) is 2. The molecule has 0 heterocycles. The lowest BCUT2D eigenvalue weighted by molar-refractivity contribution is -0.122. The van der Waals surface area contributed by atoms with E-state index in [2.05, 4.69) is 76.3 Å². The minimum Gasteiger partial charge on any atom is -0.507 e. The van der Waals surface area contributed by atoms with Crippen molar-refractivity contribution in [3.05, 3.63) is 101 Å². The van der Waals surface area contributed by atoms with E-state index in [1.54, 1.807) is 6.21 Å². The highest BCUT2D eigenvalue weighted by atomic mass is 16.3. The maximum Gasteiger partial charge on any atom is 0.244 e. The molecule has 0 aliphatic heterocycles. The van der Waals surface area contributed by atoms with Gasteiger partial charge in [-0.05, 0) is 46.1 Å². The van der Waals surface area contributed by atoms with Gasteiger partial charge < -0.3 is 5.11 Å². The standard InChI is InChI=1S/C31H36N2O2/c1-29(2,3)24-17-21(18-25(27(24)34)30(4,5)6)20-32-33-28(35)26-19-31(26,22-13-9-7-10-14-22)23-15-11-8-12-16-23/h7-18,20,26,34H,19H2,1-6H3,(H,33,35)/b32-20+. The highest BCUT2D eigenvalue weighted by Gasteiger charge is 2.60. The number of nitrogens with one attached hydrogen (secondary N) is 1. The van der Waals surface area contributed by atoms with Crippen molar-refractivity contribution >= 4 is 12.1 Å². The lowest BCUT2D eigenvalue weighted by atomic mass is 9.78. The number of carbonyl (C=O) groups is 1. The highest BCUT2D eigenvalue weighted by Crippen LogP contribution is 2.58. The molecule has 3 aromatic rings. The molecule has 0 spiro atoms. The number of phenolic OH excluding ortho intramolecular Hbond substituents is 1. The van der Waals surface area contributed by atoms with Crippen LogP contribution in [0.2, 0.25) is 0 Å². The Morgan fingerprint density at radius 3 is 1.77 bits per heavy atom. The summed E-state index contributed by atoms with van der Waals surface area (Å²) >= 11 is 0. The molecule has 1 fully saturated rings. The minimum absolute atomic E-state index is 0.0835. The first-order valence-corrected chi connectivity index (χ1v) is 12.3. The molecule has 1 atom stereocenters. The Kier molecular flexibility index (Phi) is 6.35. The van der Waals surface area contributed by atoms with Gasteiger partial charge in [-0.15, -0.1) is 0 Å². The van der Waals surface area contributed by atoms with Crippen molar-refractivity contribution in [3.63, 3.8) is 0 Å². The maximum atomic E-state index is 13.2. The van der Waals surface area contributed by atoms with Crippen LogP contribution in [0.1, 0.15) is 75.8 Å². The fourth-order valence-corrected chi connectivity index (χ4v) is 4.98. The zero-order valence-electron chi connectivity index (χ0n) is 21.6. The smallest absolute Gasteiger partial charge is 0.244 e. The van der Waals surface area contributed by atoms with Crippen LogP contribution >= 0.6 is 0 Å². The van der Waals surface area contributed by atoms with Gasteiger partial charge >= 0.3 is 0 Å². The quantitative estimate of drug-likeness (QED) is 0.334. The molecule has 1 aliphatic rings. The first-order chi connectivity index (χ1) is 16.4. The second kappa shape index (κ2) is 8.99. The van der Waals surface area contributed by atoms with Gasteiger partial charge in [0.05, 0.1) is 12.1 Å². The molecule has 4 rings (SSSR count). The number of benzene rings is 3. The summed E-state index contributed by atoms with van der Waals surface area (Å²) in [7, 11) is 0. The number of nitrogens with zero attached hydrogens (tertiary/aromatic N) is 1. The Hall–Kier alpha value is -3.40. The number of phenols is 1. The summed E-state index contributed by atoms with van der Waals surface area (Å²) in [5, 5.41) is 15.3. The van der Waals surface area contributed by atoms with Crippen molar-refractivity contribution in [2.45, 2.75) is 64.2 Å². The average molecular weight is 469 g/mol. The van der Waals surface area contributed by atoms with Crippen molar-refractivity contribution in [1.82, 2.24) is 5.43 Å². The normalized spacial score (nSPS) is 17.4. The number of carbonyl (C=O) groups excluding carboxylic acids is 1. The van der Waals surface area contributed by atoms with Gasteiger partial charge in [0, 0.05) is 16.5 Å². The molecule has 0 aromatic heterocycles. The molecule has 1 amide bonds. The highest BCUT2D eigenvalue weighted by molar-refractivity contribution is 5.88. The molecule has 3 aromatic carbocycles. The Labute approximate surface area is 209 Å². The largest absolute Gasteiger partial charge is 0.507 e. The van der Waals surface area contributed by atoms with Crippen LogP contribution in [0.25, 0.3) is 0 Å². The molecule has 1 saturated carbocycles. The Morgan fingerprint density at radius 1 is 0.886 bits per heavy atom. The van der Waals surface area contributed by atoms with E-state index >= 15 is 0 Å². The lowest BCUT2D eigenvalue weighted by Crippen LogP contribution is -2.25. The van der Waals surface area contributed by atoms with E-state index in [-0.39, 0.29) is 28.1 Å². The average Bonchev–Trinajstić information content (AvgIpc) is 3.57. The molecule has 182 valence electrons. The summed E-state index contributed by atoms with van der Waals surface area (Å²) in [6.45, 7) is 12.5. The van der Waals surface area contributed by atoms with E-state index in [1.165, 1.54) is 0 Å². The van der Waals surface area contributed by atoms with Crippen LogP contribution < -0.4 is 5.43 Å². The zero-order valence-corrected chi connectivity index (χ0v) is 21.6. The molecule has 0 bridgehead atoms. The van der Waals surface area contributed by atoms with Gasteiger partial charge in [-0.2, -0.15) is 5.10 Å². The van der Waals surface area contributed by atoms with Gasteiger partial charge in [-0.25, -0.2) is 5.43 Å². The third kappa shape index (κ3) is 4.88. The van der Waals surface area contributed by atoms with E-state index in [4.69, 9.17) is 0 Å². The van der Waals surface area contributed by atoms with Crippen LogP contribution in [0.4, 0.5) is 0 Å².